The summed E-state index contributed by atoms with van der Waals surface area (Å²) in [7, 11) is 0. The Morgan fingerprint density at radius 1 is 1.14 bits per heavy atom. The van der Waals surface area contributed by atoms with E-state index in [1.165, 1.54) is 16.9 Å². The quantitative estimate of drug-likeness (QED) is 0.759. The fourth-order valence-corrected chi connectivity index (χ4v) is 3.39. The van der Waals surface area contributed by atoms with Crippen LogP contribution in [0.3, 0.4) is 0 Å². The molecule has 2 aromatic rings. The Bertz CT molecular complexity index is 552. The second kappa shape index (κ2) is 7.83. The predicted molar refractivity (Wildman–Crippen MR) is 91.4 cm³/mol. The molecule has 1 aromatic carbocycles. The SMILES string of the molecule is CCCc1ccc(OC(c2ccc(Cl)s2)C(N)CC)cc1. The molecule has 4 heteroatoms. The number of rotatable bonds is 7. The van der Waals surface area contributed by atoms with Gasteiger partial charge in [0.15, 0.2) is 0 Å². The summed E-state index contributed by atoms with van der Waals surface area (Å²) in [5, 5.41) is 0. The summed E-state index contributed by atoms with van der Waals surface area (Å²) in [6, 6.07) is 12.1. The number of thiophene rings is 1. The minimum Gasteiger partial charge on any atom is -0.483 e. The molecular formula is C17H22ClNOS. The minimum absolute atomic E-state index is 0.0463. The molecule has 0 saturated carbocycles. The largest absolute Gasteiger partial charge is 0.483 e. The lowest BCUT2D eigenvalue weighted by atomic mass is 10.1. The summed E-state index contributed by atoms with van der Waals surface area (Å²) in [5.74, 6) is 0.855. The summed E-state index contributed by atoms with van der Waals surface area (Å²) < 4.78 is 6.89. The molecule has 2 nitrogen and oxygen atoms in total. The topological polar surface area (TPSA) is 35.2 Å². The van der Waals surface area contributed by atoms with Crippen molar-refractivity contribution in [1.29, 1.82) is 0 Å². The first-order valence-corrected chi connectivity index (χ1v) is 8.59. The maximum atomic E-state index is 6.22. The van der Waals surface area contributed by atoms with Gasteiger partial charge in [-0.25, -0.2) is 0 Å². The molecule has 2 rings (SSSR count). The average Bonchev–Trinajstić information content (AvgIpc) is 2.92. The molecule has 0 aliphatic heterocycles. The van der Waals surface area contributed by atoms with E-state index >= 15 is 0 Å². The van der Waals surface area contributed by atoms with Crippen LogP contribution in [-0.4, -0.2) is 6.04 Å². The molecule has 0 bridgehead atoms. The first kappa shape index (κ1) is 16.3. The van der Waals surface area contributed by atoms with Crippen molar-refractivity contribution in [1.82, 2.24) is 0 Å². The van der Waals surface area contributed by atoms with Crippen molar-refractivity contribution < 1.29 is 4.74 Å². The predicted octanol–water partition coefficient (Wildman–Crippen LogP) is 5.21. The third kappa shape index (κ3) is 4.47. The lowest BCUT2D eigenvalue weighted by Crippen LogP contribution is -2.30. The van der Waals surface area contributed by atoms with Gasteiger partial charge in [-0.15, -0.1) is 11.3 Å². The highest BCUT2D eigenvalue weighted by molar-refractivity contribution is 7.16. The van der Waals surface area contributed by atoms with Gasteiger partial charge in [0, 0.05) is 10.9 Å². The van der Waals surface area contributed by atoms with Crippen LogP contribution in [0.25, 0.3) is 0 Å². The number of nitrogens with two attached hydrogens (primary N) is 1. The zero-order valence-electron chi connectivity index (χ0n) is 12.5. The van der Waals surface area contributed by atoms with Gasteiger partial charge in [-0.3, -0.25) is 0 Å². The smallest absolute Gasteiger partial charge is 0.148 e. The van der Waals surface area contributed by atoms with Gasteiger partial charge in [-0.1, -0.05) is 44.0 Å². The van der Waals surface area contributed by atoms with Crippen molar-refractivity contribution >= 4 is 22.9 Å². The van der Waals surface area contributed by atoms with Gasteiger partial charge in [-0.05, 0) is 42.7 Å². The van der Waals surface area contributed by atoms with Crippen LogP contribution in [0.1, 0.15) is 43.2 Å². The average molecular weight is 324 g/mol. The Hall–Kier alpha value is -1.03. The van der Waals surface area contributed by atoms with Gasteiger partial charge < -0.3 is 10.5 Å². The first-order valence-electron chi connectivity index (χ1n) is 7.40. The standard InChI is InChI=1S/C17H22ClNOS/c1-3-5-12-6-8-13(9-7-12)20-17(14(19)4-2)15-10-11-16(18)21-15/h6-11,14,17H,3-5,19H2,1-2H3. The van der Waals surface area contributed by atoms with E-state index in [9.17, 15) is 0 Å². The Kier molecular flexibility index (Phi) is 6.09. The molecule has 2 N–H and O–H groups in total. The van der Waals surface area contributed by atoms with E-state index in [-0.39, 0.29) is 12.1 Å². The van der Waals surface area contributed by atoms with E-state index in [2.05, 4.69) is 26.0 Å². The number of hydrogen-bond acceptors (Lipinski definition) is 3. The van der Waals surface area contributed by atoms with Crippen LogP contribution in [0.4, 0.5) is 0 Å². The molecule has 0 aliphatic carbocycles. The summed E-state index contributed by atoms with van der Waals surface area (Å²) in [5.41, 5.74) is 7.56. The Labute approximate surface area is 135 Å². The molecule has 1 heterocycles. The molecule has 114 valence electrons. The summed E-state index contributed by atoms with van der Waals surface area (Å²) in [6.45, 7) is 4.25. The second-order valence-electron chi connectivity index (χ2n) is 5.15. The molecule has 21 heavy (non-hydrogen) atoms. The third-order valence-electron chi connectivity index (χ3n) is 3.46. The molecular weight excluding hydrogens is 302 g/mol. The van der Waals surface area contributed by atoms with Gasteiger partial charge >= 0.3 is 0 Å². The normalized spacial score (nSPS) is 13.9. The number of benzene rings is 1. The lowest BCUT2D eigenvalue weighted by Gasteiger charge is -2.23. The second-order valence-corrected chi connectivity index (χ2v) is 6.89. The maximum Gasteiger partial charge on any atom is 0.148 e. The molecule has 0 saturated heterocycles. The molecule has 0 aliphatic rings. The van der Waals surface area contributed by atoms with Gasteiger partial charge in [0.1, 0.15) is 11.9 Å². The van der Waals surface area contributed by atoms with Crippen molar-refractivity contribution in [2.24, 2.45) is 5.73 Å². The van der Waals surface area contributed by atoms with Crippen LogP contribution in [-0.2, 0) is 6.42 Å². The third-order valence-corrected chi connectivity index (χ3v) is 4.75. The van der Waals surface area contributed by atoms with Crippen molar-refractivity contribution in [2.45, 2.75) is 45.3 Å². The summed E-state index contributed by atoms with van der Waals surface area (Å²) >= 11 is 7.56. The van der Waals surface area contributed by atoms with E-state index in [0.29, 0.717) is 0 Å². The first-order chi connectivity index (χ1) is 10.1. The van der Waals surface area contributed by atoms with Gasteiger partial charge in [0.2, 0.25) is 0 Å². The Morgan fingerprint density at radius 2 is 1.86 bits per heavy atom. The fourth-order valence-electron chi connectivity index (χ4n) is 2.22. The van der Waals surface area contributed by atoms with Crippen LogP contribution in [0, 0.1) is 0 Å². The van der Waals surface area contributed by atoms with Crippen molar-refractivity contribution in [3.8, 4) is 5.75 Å². The zero-order valence-corrected chi connectivity index (χ0v) is 14.1. The van der Waals surface area contributed by atoms with Crippen LogP contribution in [0.15, 0.2) is 36.4 Å². The summed E-state index contributed by atoms with van der Waals surface area (Å²) in [4.78, 5) is 1.08. The monoisotopic (exact) mass is 323 g/mol. The fraction of sp³-hybridized carbons (Fsp3) is 0.412. The van der Waals surface area contributed by atoms with Crippen LogP contribution in [0.5, 0.6) is 5.75 Å². The highest BCUT2D eigenvalue weighted by atomic mass is 35.5. The van der Waals surface area contributed by atoms with Gasteiger partial charge in [-0.2, -0.15) is 0 Å². The number of hydrogen-bond donors (Lipinski definition) is 1. The van der Waals surface area contributed by atoms with Gasteiger partial charge in [0.25, 0.3) is 0 Å². The van der Waals surface area contributed by atoms with Crippen molar-refractivity contribution in [3.05, 3.63) is 51.2 Å². The molecule has 2 atom stereocenters. The highest BCUT2D eigenvalue weighted by Crippen LogP contribution is 2.32. The van der Waals surface area contributed by atoms with Crippen LogP contribution < -0.4 is 10.5 Å². The number of ether oxygens (including phenoxy) is 1. The van der Waals surface area contributed by atoms with E-state index < -0.39 is 0 Å². The van der Waals surface area contributed by atoms with Crippen LogP contribution >= 0.6 is 22.9 Å². The zero-order chi connectivity index (χ0) is 15.2. The Morgan fingerprint density at radius 3 is 2.38 bits per heavy atom. The molecule has 2 unspecified atom stereocenters. The molecule has 0 radical (unpaired) electrons. The van der Waals surface area contributed by atoms with Crippen molar-refractivity contribution in [2.75, 3.05) is 0 Å². The molecule has 0 fully saturated rings. The van der Waals surface area contributed by atoms with Crippen LogP contribution in [0.2, 0.25) is 4.34 Å². The lowest BCUT2D eigenvalue weighted by molar-refractivity contribution is 0.174. The van der Waals surface area contributed by atoms with Crippen molar-refractivity contribution in [3.63, 3.8) is 0 Å². The Balaban J connectivity index is 2.15. The van der Waals surface area contributed by atoms with Gasteiger partial charge in [0.05, 0.1) is 4.34 Å². The van der Waals surface area contributed by atoms with E-state index in [1.807, 2.05) is 24.3 Å². The van der Waals surface area contributed by atoms with E-state index in [4.69, 9.17) is 22.1 Å². The summed E-state index contributed by atoms with van der Waals surface area (Å²) in [6.07, 6.45) is 2.95. The molecule has 1 aromatic heterocycles. The molecule has 0 spiro atoms. The molecule has 0 amide bonds. The number of aryl methyl sites for hydroxylation is 1. The maximum absolute atomic E-state index is 6.22. The van der Waals surface area contributed by atoms with E-state index in [0.717, 1.165) is 34.2 Å². The highest BCUT2D eigenvalue weighted by Gasteiger charge is 2.22. The number of halogens is 1. The van der Waals surface area contributed by atoms with E-state index in [1.54, 1.807) is 0 Å². The minimum atomic E-state index is -0.149.